The molecule has 1 N–H and O–H groups in total. The lowest BCUT2D eigenvalue weighted by Crippen LogP contribution is -3.11. The average molecular weight is 409 g/mol. The fourth-order valence-corrected chi connectivity index (χ4v) is 4.29. The molecule has 1 atom stereocenters. The first-order valence-electron chi connectivity index (χ1n) is 10.5. The zero-order valence-corrected chi connectivity index (χ0v) is 17.3. The van der Waals surface area contributed by atoms with E-state index in [0.717, 1.165) is 26.1 Å². The van der Waals surface area contributed by atoms with Crippen LogP contribution in [-0.2, 0) is 0 Å². The van der Waals surface area contributed by atoms with E-state index in [1.165, 1.54) is 17.0 Å². The largest absolute Gasteiger partial charge is 0.450 e. The van der Waals surface area contributed by atoms with Crippen molar-refractivity contribution in [3.8, 4) is 0 Å². The van der Waals surface area contributed by atoms with Crippen LogP contribution < -0.4 is 10.3 Å². The van der Waals surface area contributed by atoms with Crippen LogP contribution in [0.5, 0.6) is 0 Å². The predicted molar refractivity (Wildman–Crippen MR) is 113 cm³/mol. The molecule has 2 aromatic carbocycles. The molecule has 0 fully saturated rings. The summed E-state index contributed by atoms with van der Waals surface area (Å²) in [4.78, 5) is 29.7. The number of para-hydroxylation sites is 1. The molecule has 0 saturated heterocycles. The summed E-state index contributed by atoms with van der Waals surface area (Å²) in [5.41, 5.74) is 1.26. The molecule has 3 aromatic rings. The first kappa shape index (κ1) is 20.3. The maximum atomic E-state index is 13.5. The Labute approximate surface area is 174 Å². The van der Waals surface area contributed by atoms with Gasteiger partial charge in [0.25, 0.3) is 5.91 Å². The summed E-state index contributed by atoms with van der Waals surface area (Å²) in [7, 11) is 0. The number of amides is 1. The SMILES string of the molecule is CC[NH+](CC)CCCN1C(=O)c2oc3ccccc3c(=O)c2[C@H]1c1ccc(F)cc1. The summed E-state index contributed by atoms with van der Waals surface area (Å²) in [6, 6.07) is 12.4. The second-order valence-corrected chi connectivity index (χ2v) is 7.68. The van der Waals surface area contributed by atoms with Gasteiger partial charge in [-0.25, -0.2) is 4.39 Å². The second kappa shape index (κ2) is 8.40. The Hall–Kier alpha value is -2.99. The van der Waals surface area contributed by atoms with Crippen LogP contribution in [0.1, 0.15) is 48.0 Å². The molecule has 1 aliphatic rings. The summed E-state index contributed by atoms with van der Waals surface area (Å²) in [5.74, 6) is -0.537. The smallest absolute Gasteiger partial charge is 0.290 e. The van der Waals surface area contributed by atoms with Gasteiger partial charge in [-0.3, -0.25) is 9.59 Å². The molecular formula is C24H26FN2O3+. The molecule has 0 saturated carbocycles. The monoisotopic (exact) mass is 409 g/mol. The van der Waals surface area contributed by atoms with Gasteiger partial charge in [0.05, 0.1) is 36.6 Å². The van der Waals surface area contributed by atoms with E-state index in [4.69, 9.17) is 4.42 Å². The summed E-state index contributed by atoms with van der Waals surface area (Å²) < 4.78 is 19.4. The van der Waals surface area contributed by atoms with Gasteiger partial charge >= 0.3 is 0 Å². The van der Waals surface area contributed by atoms with Gasteiger partial charge in [-0.05, 0) is 43.7 Å². The van der Waals surface area contributed by atoms with Crippen molar-refractivity contribution in [1.29, 1.82) is 0 Å². The molecule has 1 aromatic heterocycles. The molecule has 2 heterocycles. The Kier molecular flexibility index (Phi) is 5.68. The average Bonchev–Trinajstić information content (AvgIpc) is 3.04. The number of carbonyl (C=O) groups excluding carboxylic acids is 1. The lowest BCUT2D eigenvalue weighted by Gasteiger charge is -2.26. The number of fused-ring (bicyclic) bond motifs is 2. The van der Waals surface area contributed by atoms with Gasteiger partial charge in [-0.1, -0.05) is 24.3 Å². The number of benzene rings is 2. The van der Waals surface area contributed by atoms with E-state index in [-0.39, 0.29) is 22.9 Å². The van der Waals surface area contributed by atoms with E-state index in [1.807, 2.05) is 0 Å². The van der Waals surface area contributed by atoms with Crippen LogP contribution in [0.2, 0.25) is 0 Å². The van der Waals surface area contributed by atoms with Crippen LogP contribution in [-0.4, -0.2) is 37.0 Å². The third kappa shape index (κ3) is 3.52. The molecule has 0 spiro atoms. The molecule has 0 aliphatic carbocycles. The summed E-state index contributed by atoms with van der Waals surface area (Å²) in [6.45, 7) is 7.78. The van der Waals surface area contributed by atoms with E-state index in [9.17, 15) is 14.0 Å². The first-order chi connectivity index (χ1) is 14.5. The van der Waals surface area contributed by atoms with Gasteiger partial charge in [0.1, 0.15) is 11.4 Å². The van der Waals surface area contributed by atoms with Crippen molar-refractivity contribution in [2.45, 2.75) is 26.3 Å². The van der Waals surface area contributed by atoms with Crippen molar-refractivity contribution < 1.29 is 18.5 Å². The number of carbonyl (C=O) groups is 1. The van der Waals surface area contributed by atoms with E-state index < -0.39 is 6.04 Å². The molecule has 6 heteroatoms. The zero-order valence-electron chi connectivity index (χ0n) is 17.3. The third-order valence-electron chi connectivity index (χ3n) is 5.99. The van der Waals surface area contributed by atoms with Gasteiger partial charge in [-0.2, -0.15) is 0 Å². The van der Waals surface area contributed by atoms with Gasteiger partial charge in [0.2, 0.25) is 5.76 Å². The van der Waals surface area contributed by atoms with Crippen LogP contribution in [0.4, 0.5) is 4.39 Å². The maximum Gasteiger partial charge on any atom is 0.290 e. The molecule has 0 unspecified atom stereocenters. The van der Waals surface area contributed by atoms with Crippen LogP contribution in [0.25, 0.3) is 11.0 Å². The molecule has 0 radical (unpaired) electrons. The standard InChI is InChI=1S/C24H25FN2O3/c1-3-26(4-2)14-7-15-27-21(16-10-12-17(25)13-11-16)20-22(28)18-8-5-6-9-19(18)30-23(20)24(27)29/h5-6,8-13,21H,3-4,7,14-15H2,1-2H3/p+1/t21-/m1/s1. The summed E-state index contributed by atoms with van der Waals surface area (Å²) in [5, 5.41) is 0.450. The fourth-order valence-electron chi connectivity index (χ4n) is 4.29. The van der Waals surface area contributed by atoms with Crippen molar-refractivity contribution in [3.63, 3.8) is 0 Å². The number of hydrogen-bond donors (Lipinski definition) is 1. The number of rotatable bonds is 7. The molecule has 5 nitrogen and oxygen atoms in total. The molecule has 156 valence electrons. The number of halogens is 1. The maximum absolute atomic E-state index is 13.5. The fraction of sp³-hybridized carbons (Fsp3) is 0.333. The normalized spacial score (nSPS) is 15.9. The predicted octanol–water partition coefficient (Wildman–Crippen LogP) is 2.79. The molecule has 4 rings (SSSR count). The van der Waals surface area contributed by atoms with Gasteiger partial charge in [0, 0.05) is 13.0 Å². The highest BCUT2D eigenvalue weighted by Gasteiger charge is 2.42. The Morgan fingerprint density at radius 2 is 1.73 bits per heavy atom. The number of hydrogen-bond acceptors (Lipinski definition) is 3. The topological polar surface area (TPSA) is 55.0 Å². The lowest BCUT2D eigenvalue weighted by atomic mass is 9.98. The summed E-state index contributed by atoms with van der Waals surface area (Å²) in [6.07, 6.45) is 0.808. The molecule has 0 bridgehead atoms. The quantitative estimate of drug-likeness (QED) is 0.653. The van der Waals surface area contributed by atoms with Crippen molar-refractivity contribution >= 4 is 16.9 Å². The Bertz CT molecular complexity index is 1120. The van der Waals surface area contributed by atoms with E-state index in [1.54, 1.807) is 41.3 Å². The van der Waals surface area contributed by atoms with Crippen molar-refractivity contribution in [2.75, 3.05) is 26.2 Å². The van der Waals surface area contributed by atoms with E-state index in [2.05, 4.69) is 13.8 Å². The van der Waals surface area contributed by atoms with Crippen molar-refractivity contribution in [1.82, 2.24) is 4.90 Å². The Balaban J connectivity index is 1.78. The van der Waals surface area contributed by atoms with Crippen molar-refractivity contribution in [3.05, 3.63) is 81.5 Å². The lowest BCUT2D eigenvalue weighted by molar-refractivity contribution is -0.896. The van der Waals surface area contributed by atoms with E-state index in [0.29, 0.717) is 28.6 Å². The minimum absolute atomic E-state index is 0.100. The van der Waals surface area contributed by atoms with Crippen molar-refractivity contribution in [2.24, 2.45) is 0 Å². The second-order valence-electron chi connectivity index (χ2n) is 7.68. The number of nitrogens with one attached hydrogen (secondary N) is 1. The van der Waals surface area contributed by atoms with Crippen LogP contribution in [0.3, 0.4) is 0 Å². The van der Waals surface area contributed by atoms with Gasteiger partial charge in [-0.15, -0.1) is 0 Å². The highest BCUT2D eigenvalue weighted by atomic mass is 19.1. The van der Waals surface area contributed by atoms with Crippen LogP contribution >= 0.6 is 0 Å². The minimum atomic E-state index is -0.569. The highest BCUT2D eigenvalue weighted by molar-refractivity contribution is 5.99. The molecule has 1 amide bonds. The first-order valence-corrected chi connectivity index (χ1v) is 10.5. The van der Waals surface area contributed by atoms with Crippen LogP contribution in [0.15, 0.2) is 57.7 Å². The molecule has 1 aliphatic heterocycles. The third-order valence-corrected chi connectivity index (χ3v) is 5.99. The van der Waals surface area contributed by atoms with Gasteiger partial charge < -0.3 is 14.2 Å². The zero-order chi connectivity index (χ0) is 21.3. The number of nitrogens with zero attached hydrogens (tertiary/aromatic N) is 1. The van der Waals surface area contributed by atoms with Gasteiger partial charge in [0.15, 0.2) is 5.43 Å². The molecular weight excluding hydrogens is 383 g/mol. The minimum Gasteiger partial charge on any atom is -0.450 e. The molecule has 30 heavy (non-hydrogen) atoms. The Morgan fingerprint density at radius 1 is 1.03 bits per heavy atom. The number of quaternary nitrogens is 1. The van der Waals surface area contributed by atoms with E-state index >= 15 is 0 Å². The Morgan fingerprint density at radius 3 is 2.43 bits per heavy atom. The summed E-state index contributed by atoms with van der Waals surface area (Å²) >= 11 is 0. The highest BCUT2D eigenvalue weighted by Crippen LogP contribution is 2.38. The van der Waals surface area contributed by atoms with Crippen LogP contribution in [0, 0.1) is 5.82 Å².